The molecule has 0 aliphatic carbocycles. The minimum absolute atomic E-state index is 0.0362. The maximum atomic E-state index is 13.4. The van der Waals surface area contributed by atoms with Gasteiger partial charge in [-0.3, -0.25) is 14.5 Å². The number of carbonyl (C=O) groups is 2. The highest BCUT2D eigenvalue weighted by molar-refractivity contribution is 6.51. The minimum atomic E-state index is -0.877. The van der Waals surface area contributed by atoms with Crippen molar-refractivity contribution >= 4 is 23.1 Å². The van der Waals surface area contributed by atoms with Crippen LogP contribution in [0.5, 0.6) is 17.2 Å². The fourth-order valence-corrected chi connectivity index (χ4v) is 4.45. The Bertz CT molecular complexity index is 1320. The van der Waals surface area contributed by atoms with Gasteiger partial charge >= 0.3 is 0 Å². The molecule has 1 amide bonds. The van der Waals surface area contributed by atoms with E-state index in [1.807, 2.05) is 32.0 Å². The predicted molar refractivity (Wildman–Crippen MR) is 133 cm³/mol. The molecule has 1 N–H and O–H groups in total. The SMILES string of the molecule is COc1cccc(C2/C(=C(/O)c3ccc(OC)cc3OC)C(=O)C(=O)N2c2cc(C)cc(C)c2)c1. The fraction of sp³-hybridized carbons (Fsp3) is 0.214. The topological polar surface area (TPSA) is 85.3 Å². The summed E-state index contributed by atoms with van der Waals surface area (Å²) in [5, 5.41) is 11.4. The highest BCUT2D eigenvalue weighted by Gasteiger charge is 2.47. The number of Topliss-reactive ketones (excluding diaryl/α,β-unsaturated/α-hetero) is 1. The number of hydrogen-bond donors (Lipinski definition) is 1. The Balaban J connectivity index is 2.00. The van der Waals surface area contributed by atoms with E-state index in [-0.39, 0.29) is 16.9 Å². The van der Waals surface area contributed by atoms with Crippen LogP contribution in [0.15, 0.2) is 66.2 Å². The first-order valence-electron chi connectivity index (χ1n) is 11.0. The molecule has 1 aliphatic rings. The van der Waals surface area contributed by atoms with Crippen molar-refractivity contribution in [3.8, 4) is 17.2 Å². The summed E-state index contributed by atoms with van der Waals surface area (Å²) < 4.78 is 16.1. The third-order valence-electron chi connectivity index (χ3n) is 6.00. The summed E-state index contributed by atoms with van der Waals surface area (Å²) >= 11 is 0. The van der Waals surface area contributed by atoms with Gasteiger partial charge in [0.15, 0.2) is 0 Å². The van der Waals surface area contributed by atoms with Crippen LogP contribution in [0.1, 0.15) is 28.3 Å². The molecule has 1 unspecified atom stereocenters. The van der Waals surface area contributed by atoms with Crippen molar-refractivity contribution in [3.05, 3.63) is 88.5 Å². The molecule has 180 valence electrons. The van der Waals surface area contributed by atoms with E-state index in [1.54, 1.807) is 49.6 Å². The number of carbonyl (C=O) groups excluding carboxylic acids is 2. The fourth-order valence-electron chi connectivity index (χ4n) is 4.45. The van der Waals surface area contributed by atoms with Gasteiger partial charge in [-0.1, -0.05) is 18.2 Å². The van der Waals surface area contributed by atoms with Crippen molar-refractivity contribution in [3.63, 3.8) is 0 Å². The van der Waals surface area contributed by atoms with Crippen LogP contribution in [-0.4, -0.2) is 38.1 Å². The number of rotatable bonds is 6. The van der Waals surface area contributed by atoms with Crippen LogP contribution >= 0.6 is 0 Å². The molecule has 1 atom stereocenters. The van der Waals surface area contributed by atoms with E-state index in [9.17, 15) is 14.7 Å². The van der Waals surface area contributed by atoms with Crippen molar-refractivity contribution in [2.24, 2.45) is 0 Å². The zero-order valence-corrected chi connectivity index (χ0v) is 20.3. The van der Waals surface area contributed by atoms with Gasteiger partial charge in [0, 0.05) is 11.8 Å². The number of anilines is 1. The number of aliphatic hydroxyl groups excluding tert-OH is 1. The molecular weight excluding hydrogens is 446 g/mol. The molecule has 0 spiro atoms. The van der Waals surface area contributed by atoms with Crippen molar-refractivity contribution in [2.45, 2.75) is 19.9 Å². The average Bonchev–Trinajstić information content (AvgIpc) is 3.12. The predicted octanol–water partition coefficient (Wildman–Crippen LogP) is 4.96. The summed E-state index contributed by atoms with van der Waals surface area (Å²) in [7, 11) is 4.52. The second-order valence-corrected chi connectivity index (χ2v) is 8.36. The van der Waals surface area contributed by atoms with Crippen molar-refractivity contribution in [2.75, 3.05) is 26.2 Å². The van der Waals surface area contributed by atoms with E-state index in [1.165, 1.54) is 19.1 Å². The quantitative estimate of drug-likeness (QED) is 0.310. The van der Waals surface area contributed by atoms with Crippen molar-refractivity contribution in [1.29, 1.82) is 0 Å². The lowest BCUT2D eigenvalue weighted by Crippen LogP contribution is -2.29. The van der Waals surface area contributed by atoms with Gasteiger partial charge in [-0.2, -0.15) is 0 Å². The van der Waals surface area contributed by atoms with Gasteiger partial charge in [0.2, 0.25) is 0 Å². The maximum absolute atomic E-state index is 13.4. The molecule has 7 nitrogen and oxygen atoms in total. The van der Waals surface area contributed by atoms with Gasteiger partial charge in [-0.05, 0) is 66.9 Å². The Hall–Kier alpha value is -4.26. The van der Waals surface area contributed by atoms with E-state index < -0.39 is 17.7 Å². The summed E-state index contributed by atoms with van der Waals surface area (Å²) in [5.74, 6) is -0.440. The first-order chi connectivity index (χ1) is 16.8. The lowest BCUT2D eigenvalue weighted by Gasteiger charge is -2.26. The Morgan fingerprint density at radius 2 is 1.49 bits per heavy atom. The van der Waals surface area contributed by atoms with Gasteiger partial charge in [-0.15, -0.1) is 0 Å². The Morgan fingerprint density at radius 3 is 2.11 bits per heavy atom. The van der Waals surface area contributed by atoms with Crippen LogP contribution in [0.25, 0.3) is 5.76 Å². The zero-order chi connectivity index (χ0) is 25.3. The van der Waals surface area contributed by atoms with Crippen molar-refractivity contribution in [1.82, 2.24) is 0 Å². The molecular formula is C28H27NO6. The second-order valence-electron chi connectivity index (χ2n) is 8.36. The number of ether oxygens (including phenoxy) is 3. The van der Waals surface area contributed by atoms with Gasteiger partial charge in [-0.25, -0.2) is 0 Å². The first-order valence-corrected chi connectivity index (χ1v) is 11.0. The van der Waals surface area contributed by atoms with Crippen LogP contribution in [0, 0.1) is 13.8 Å². The molecule has 7 heteroatoms. The largest absolute Gasteiger partial charge is 0.507 e. The molecule has 4 rings (SSSR count). The molecule has 1 aliphatic heterocycles. The highest BCUT2D eigenvalue weighted by Crippen LogP contribution is 2.44. The maximum Gasteiger partial charge on any atom is 0.300 e. The Labute approximate surface area is 204 Å². The summed E-state index contributed by atoms with van der Waals surface area (Å²) in [5.41, 5.74) is 3.33. The number of hydrogen-bond acceptors (Lipinski definition) is 6. The van der Waals surface area contributed by atoms with Gasteiger partial charge in [0.25, 0.3) is 11.7 Å². The number of amides is 1. The summed E-state index contributed by atoms with van der Waals surface area (Å²) in [4.78, 5) is 28.3. The monoisotopic (exact) mass is 473 g/mol. The molecule has 0 radical (unpaired) electrons. The van der Waals surface area contributed by atoms with E-state index in [0.717, 1.165) is 11.1 Å². The second kappa shape index (κ2) is 9.54. The summed E-state index contributed by atoms with van der Waals surface area (Å²) in [6.45, 7) is 3.85. The third kappa shape index (κ3) is 4.33. The van der Waals surface area contributed by atoms with Gasteiger partial charge in [0.1, 0.15) is 23.0 Å². The van der Waals surface area contributed by atoms with E-state index >= 15 is 0 Å². The number of ketones is 1. The molecule has 1 fully saturated rings. The van der Waals surface area contributed by atoms with Gasteiger partial charge < -0.3 is 19.3 Å². The lowest BCUT2D eigenvalue weighted by molar-refractivity contribution is -0.132. The van der Waals surface area contributed by atoms with Crippen LogP contribution < -0.4 is 19.1 Å². The summed E-state index contributed by atoms with van der Waals surface area (Å²) in [6, 6.07) is 16.8. The number of benzene rings is 3. The molecule has 0 saturated carbocycles. The first kappa shape index (κ1) is 23.9. The normalized spacial score (nSPS) is 16.9. The molecule has 0 bridgehead atoms. The molecule has 3 aromatic rings. The smallest absolute Gasteiger partial charge is 0.300 e. The van der Waals surface area contributed by atoms with Crippen molar-refractivity contribution < 1.29 is 28.9 Å². The lowest BCUT2D eigenvalue weighted by atomic mass is 9.94. The van der Waals surface area contributed by atoms with Crippen LogP contribution in [-0.2, 0) is 9.59 Å². The third-order valence-corrected chi connectivity index (χ3v) is 6.00. The van der Waals surface area contributed by atoms with E-state index in [4.69, 9.17) is 14.2 Å². The molecule has 35 heavy (non-hydrogen) atoms. The number of aliphatic hydroxyl groups is 1. The molecule has 0 aromatic heterocycles. The Morgan fingerprint density at radius 1 is 0.829 bits per heavy atom. The van der Waals surface area contributed by atoms with Crippen LogP contribution in [0.2, 0.25) is 0 Å². The van der Waals surface area contributed by atoms with E-state index in [2.05, 4.69) is 0 Å². The molecule has 3 aromatic carbocycles. The minimum Gasteiger partial charge on any atom is -0.507 e. The summed E-state index contributed by atoms with van der Waals surface area (Å²) in [6.07, 6.45) is 0. The number of methoxy groups -OCH3 is 3. The standard InChI is InChI=1S/C28H27NO6/c1-16-11-17(2)13-19(12-16)29-25(18-7-6-8-20(14-18)33-3)24(27(31)28(29)32)26(30)22-10-9-21(34-4)15-23(22)35-5/h6-15,25,30H,1-5H3/b26-24-. The van der Waals surface area contributed by atoms with Gasteiger partial charge in [0.05, 0.1) is 38.5 Å². The Kier molecular flexibility index (Phi) is 6.51. The number of nitrogens with zero attached hydrogens (tertiary/aromatic N) is 1. The number of aryl methyl sites for hydroxylation is 2. The highest BCUT2D eigenvalue weighted by atomic mass is 16.5. The average molecular weight is 474 g/mol. The molecule has 1 saturated heterocycles. The van der Waals surface area contributed by atoms with Crippen LogP contribution in [0.3, 0.4) is 0 Å². The van der Waals surface area contributed by atoms with Crippen LogP contribution in [0.4, 0.5) is 5.69 Å². The zero-order valence-electron chi connectivity index (χ0n) is 20.3. The molecule has 1 heterocycles. The van der Waals surface area contributed by atoms with E-state index in [0.29, 0.717) is 28.5 Å².